The molecule has 2 rings (SSSR count). The molecule has 0 atom stereocenters. The Labute approximate surface area is 96.3 Å². The average molecular weight is 241 g/mol. The first-order valence-corrected chi connectivity index (χ1v) is 4.99. The third-order valence-electron chi connectivity index (χ3n) is 2.52. The monoisotopic (exact) mass is 241 g/mol. The van der Waals surface area contributed by atoms with E-state index in [4.69, 9.17) is 5.21 Å². The summed E-state index contributed by atoms with van der Waals surface area (Å²) in [5, 5.41) is 9.91. The molecule has 17 heavy (non-hydrogen) atoms. The molecule has 0 saturated heterocycles. The Morgan fingerprint density at radius 1 is 1.06 bits per heavy atom. The zero-order chi connectivity index (χ0) is 12.5. The lowest BCUT2D eigenvalue weighted by molar-refractivity contribution is -0.0885. The highest BCUT2D eigenvalue weighted by molar-refractivity contribution is 5.47. The molecule has 0 bridgehead atoms. The third kappa shape index (κ3) is 2.68. The first-order chi connectivity index (χ1) is 7.97. The maximum absolute atomic E-state index is 12.4. The fourth-order valence-electron chi connectivity index (χ4n) is 1.60. The first-order valence-electron chi connectivity index (χ1n) is 4.99. The highest BCUT2D eigenvalue weighted by Gasteiger charge is 2.32. The summed E-state index contributed by atoms with van der Waals surface area (Å²) in [4.78, 5) is 0. The second kappa shape index (κ2) is 4.25. The Morgan fingerprint density at radius 2 is 1.71 bits per heavy atom. The first kappa shape index (κ1) is 11.7. The third-order valence-corrected chi connectivity index (χ3v) is 2.52. The molecule has 2 aliphatic rings. The highest BCUT2D eigenvalue weighted by atomic mass is 19.4. The van der Waals surface area contributed by atoms with Gasteiger partial charge >= 0.3 is 6.18 Å². The normalized spacial score (nSPS) is 20.0. The molecule has 0 unspecified atom stereocenters. The molecule has 0 saturated carbocycles. The number of halogens is 3. The Bertz CT molecular complexity index is 451. The lowest BCUT2D eigenvalue weighted by Crippen LogP contribution is -2.12. The van der Waals surface area contributed by atoms with Crippen LogP contribution in [0.3, 0.4) is 0 Å². The van der Waals surface area contributed by atoms with Crippen LogP contribution in [0.4, 0.5) is 13.2 Å². The van der Waals surface area contributed by atoms with Crippen molar-refractivity contribution in [2.45, 2.75) is 12.6 Å². The predicted molar refractivity (Wildman–Crippen MR) is 56.8 cm³/mol. The molecule has 0 spiro atoms. The molecule has 0 aromatic carbocycles. The van der Waals surface area contributed by atoms with Crippen LogP contribution in [0.2, 0.25) is 0 Å². The highest BCUT2D eigenvalue weighted by Crippen LogP contribution is 2.32. The van der Waals surface area contributed by atoms with Crippen LogP contribution in [0.25, 0.3) is 0 Å². The van der Waals surface area contributed by atoms with Crippen molar-refractivity contribution in [3.8, 4) is 0 Å². The van der Waals surface area contributed by atoms with Gasteiger partial charge in [0.15, 0.2) is 0 Å². The summed E-state index contributed by atoms with van der Waals surface area (Å²) in [6.45, 7) is 0. The molecule has 1 aliphatic carbocycles. The Hall–Kier alpha value is -1.75. The van der Waals surface area contributed by atoms with Crippen LogP contribution in [-0.4, -0.2) is 16.4 Å². The molecular formula is C12H10F3NO. The van der Waals surface area contributed by atoms with Gasteiger partial charge in [-0.2, -0.15) is 13.2 Å². The standard InChI is InChI=1S/C12H10F3NO/c13-12(14,15)11-3-1-9(2-4-11)10-5-7-16(17)8-6-10/h1,3-8,17H,2H2. The summed E-state index contributed by atoms with van der Waals surface area (Å²) in [5.41, 5.74) is 0.969. The molecule has 1 aliphatic heterocycles. The van der Waals surface area contributed by atoms with Crippen LogP contribution in [0.5, 0.6) is 0 Å². The van der Waals surface area contributed by atoms with Crippen LogP contribution in [0, 0.1) is 0 Å². The molecule has 2 nitrogen and oxygen atoms in total. The van der Waals surface area contributed by atoms with Gasteiger partial charge in [0.25, 0.3) is 0 Å². The van der Waals surface area contributed by atoms with Crippen LogP contribution in [-0.2, 0) is 0 Å². The van der Waals surface area contributed by atoms with E-state index >= 15 is 0 Å². The van der Waals surface area contributed by atoms with Crippen molar-refractivity contribution in [1.29, 1.82) is 0 Å². The number of alkyl halides is 3. The summed E-state index contributed by atoms with van der Waals surface area (Å²) < 4.78 is 37.1. The summed E-state index contributed by atoms with van der Waals surface area (Å²) in [7, 11) is 0. The molecule has 0 radical (unpaired) electrons. The lowest BCUT2D eigenvalue weighted by Gasteiger charge is -2.16. The summed E-state index contributed by atoms with van der Waals surface area (Å²) >= 11 is 0. The van der Waals surface area contributed by atoms with E-state index < -0.39 is 11.7 Å². The fraction of sp³-hybridized carbons (Fsp3) is 0.167. The van der Waals surface area contributed by atoms with Gasteiger partial charge < -0.3 is 0 Å². The number of hydrogen-bond acceptors (Lipinski definition) is 2. The number of hydrogen-bond donors (Lipinski definition) is 1. The largest absolute Gasteiger partial charge is 0.416 e. The van der Waals surface area contributed by atoms with Crippen LogP contribution in [0.15, 0.2) is 59.5 Å². The van der Waals surface area contributed by atoms with Crippen LogP contribution < -0.4 is 0 Å². The van der Waals surface area contributed by atoms with Crippen molar-refractivity contribution >= 4 is 0 Å². The van der Waals surface area contributed by atoms with Crippen molar-refractivity contribution in [3.05, 3.63) is 59.5 Å². The maximum atomic E-state index is 12.4. The van der Waals surface area contributed by atoms with Gasteiger partial charge in [-0.15, -0.1) is 0 Å². The van der Waals surface area contributed by atoms with Crippen molar-refractivity contribution < 1.29 is 18.4 Å². The van der Waals surface area contributed by atoms with E-state index in [2.05, 4.69) is 0 Å². The van der Waals surface area contributed by atoms with Gasteiger partial charge in [0.05, 0.1) is 5.57 Å². The number of nitrogens with zero attached hydrogens (tertiary/aromatic N) is 1. The van der Waals surface area contributed by atoms with E-state index in [-0.39, 0.29) is 6.42 Å². The Morgan fingerprint density at radius 3 is 2.18 bits per heavy atom. The van der Waals surface area contributed by atoms with Crippen molar-refractivity contribution in [2.75, 3.05) is 0 Å². The van der Waals surface area contributed by atoms with Crippen LogP contribution >= 0.6 is 0 Å². The molecule has 0 fully saturated rings. The molecule has 1 N–H and O–H groups in total. The van der Waals surface area contributed by atoms with Gasteiger partial charge in [0.2, 0.25) is 0 Å². The van der Waals surface area contributed by atoms with E-state index in [1.54, 1.807) is 12.2 Å². The zero-order valence-electron chi connectivity index (χ0n) is 8.78. The molecule has 0 aromatic rings. The second-order valence-electron chi connectivity index (χ2n) is 3.69. The van der Waals surface area contributed by atoms with E-state index in [9.17, 15) is 13.2 Å². The number of allylic oxidation sites excluding steroid dienone is 8. The summed E-state index contributed by atoms with van der Waals surface area (Å²) in [6, 6.07) is 0. The smallest absolute Gasteiger partial charge is 0.285 e. The number of hydroxylamine groups is 2. The SMILES string of the molecule is ON1C=CC(=C2C=CC(C(F)(F)F)=CC2)C=C1. The topological polar surface area (TPSA) is 23.5 Å². The molecule has 5 heteroatoms. The van der Waals surface area contributed by atoms with Gasteiger partial charge in [-0.05, 0) is 29.7 Å². The maximum Gasteiger partial charge on any atom is 0.416 e. The molecular weight excluding hydrogens is 231 g/mol. The molecule has 90 valence electrons. The lowest BCUT2D eigenvalue weighted by atomic mass is 9.96. The summed E-state index contributed by atoms with van der Waals surface area (Å²) in [5.74, 6) is 0. The Kier molecular flexibility index (Phi) is 2.93. The van der Waals surface area contributed by atoms with Gasteiger partial charge in [-0.25, -0.2) is 5.06 Å². The van der Waals surface area contributed by atoms with E-state index in [0.29, 0.717) is 0 Å². The van der Waals surface area contributed by atoms with Gasteiger partial charge in [0, 0.05) is 12.4 Å². The predicted octanol–water partition coefficient (Wildman–Crippen LogP) is 3.46. The second-order valence-corrected chi connectivity index (χ2v) is 3.69. The minimum absolute atomic E-state index is 0.237. The summed E-state index contributed by atoms with van der Waals surface area (Å²) in [6.07, 6.45) is 5.79. The van der Waals surface area contributed by atoms with Crippen LogP contribution in [0.1, 0.15) is 6.42 Å². The molecule has 1 heterocycles. The van der Waals surface area contributed by atoms with E-state index in [0.717, 1.165) is 28.4 Å². The average Bonchev–Trinajstić information content (AvgIpc) is 2.29. The van der Waals surface area contributed by atoms with Gasteiger partial charge in [0.1, 0.15) is 0 Å². The van der Waals surface area contributed by atoms with E-state index in [1.165, 1.54) is 18.5 Å². The zero-order valence-corrected chi connectivity index (χ0v) is 8.78. The minimum Gasteiger partial charge on any atom is -0.285 e. The van der Waals surface area contributed by atoms with Gasteiger partial charge in [-0.1, -0.05) is 18.2 Å². The number of rotatable bonds is 0. The Balaban J connectivity index is 2.18. The van der Waals surface area contributed by atoms with Gasteiger partial charge in [-0.3, -0.25) is 5.21 Å². The van der Waals surface area contributed by atoms with E-state index in [1.807, 2.05) is 0 Å². The molecule has 0 aromatic heterocycles. The quantitative estimate of drug-likeness (QED) is 0.702. The minimum atomic E-state index is -4.28. The van der Waals surface area contributed by atoms with Crippen molar-refractivity contribution in [1.82, 2.24) is 5.06 Å². The molecule has 0 amide bonds. The van der Waals surface area contributed by atoms with Crippen molar-refractivity contribution in [3.63, 3.8) is 0 Å². The van der Waals surface area contributed by atoms with Crippen molar-refractivity contribution in [2.24, 2.45) is 0 Å². The fourth-order valence-corrected chi connectivity index (χ4v) is 1.60.